The molecule has 0 unspecified atom stereocenters. The standard InChI is InChI=1S/C34H36FN3O4S/c1-24-17-19-29(20-18-24)43(41,42)38(31-16-10-11-25(2)26(31)3)23-33(39)37(22-28-14-8-9-15-30(28)35)32(34(40)36-4)21-27-12-6-5-7-13-27/h5-20,32H,21-23H2,1-4H3,(H,36,40)/t32-/m0/s1. The van der Waals surface area contributed by atoms with E-state index in [4.69, 9.17) is 0 Å². The maximum atomic E-state index is 14.9. The molecule has 7 nitrogen and oxygen atoms in total. The summed E-state index contributed by atoms with van der Waals surface area (Å²) in [5, 5.41) is 2.63. The van der Waals surface area contributed by atoms with E-state index in [1.54, 1.807) is 49.4 Å². The first-order valence-corrected chi connectivity index (χ1v) is 15.4. The monoisotopic (exact) mass is 601 g/mol. The number of anilines is 1. The van der Waals surface area contributed by atoms with Crippen molar-refractivity contribution in [3.05, 3.63) is 131 Å². The Morgan fingerprint density at radius 1 is 0.837 bits per heavy atom. The molecule has 0 saturated carbocycles. The maximum absolute atomic E-state index is 14.9. The number of sulfonamides is 1. The van der Waals surface area contributed by atoms with Gasteiger partial charge in [0.2, 0.25) is 11.8 Å². The molecule has 0 aliphatic rings. The Kier molecular flexibility index (Phi) is 9.98. The number of hydrogen-bond acceptors (Lipinski definition) is 4. The number of hydrogen-bond donors (Lipinski definition) is 1. The summed E-state index contributed by atoms with van der Waals surface area (Å²) in [6.07, 6.45) is 0.148. The van der Waals surface area contributed by atoms with Crippen LogP contribution in [-0.2, 0) is 32.6 Å². The molecule has 4 rings (SSSR count). The predicted molar refractivity (Wildman–Crippen MR) is 167 cm³/mol. The smallest absolute Gasteiger partial charge is 0.264 e. The van der Waals surface area contributed by atoms with Crippen LogP contribution in [0.2, 0.25) is 0 Å². The number of aryl methyl sites for hydroxylation is 2. The van der Waals surface area contributed by atoms with Crippen LogP contribution >= 0.6 is 0 Å². The van der Waals surface area contributed by atoms with Crippen molar-refractivity contribution in [3.8, 4) is 0 Å². The van der Waals surface area contributed by atoms with Crippen LogP contribution in [0.3, 0.4) is 0 Å². The molecule has 4 aromatic carbocycles. The van der Waals surface area contributed by atoms with Gasteiger partial charge in [0.25, 0.3) is 10.0 Å². The molecule has 0 bridgehead atoms. The SMILES string of the molecule is CNC(=O)[C@H](Cc1ccccc1)N(Cc1ccccc1F)C(=O)CN(c1cccc(C)c1C)S(=O)(=O)c1ccc(C)cc1. The van der Waals surface area contributed by atoms with Gasteiger partial charge in [0.05, 0.1) is 10.6 Å². The number of carbonyl (C=O) groups excluding carboxylic acids is 2. The van der Waals surface area contributed by atoms with Gasteiger partial charge in [0, 0.05) is 25.6 Å². The molecule has 0 radical (unpaired) electrons. The van der Waals surface area contributed by atoms with Gasteiger partial charge in [0.1, 0.15) is 18.4 Å². The lowest BCUT2D eigenvalue weighted by Gasteiger charge is -2.34. The molecule has 1 atom stereocenters. The molecule has 0 aliphatic carbocycles. The minimum absolute atomic E-state index is 0.0274. The number of nitrogens with zero attached hydrogens (tertiary/aromatic N) is 2. The number of halogens is 1. The van der Waals surface area contributed by atoms with Crippen LogP contribution < -0.4 is 9.62 Å². The second-order valence-electron chi connectivity index (χ2n) is 10.5. The van der Waals surface area contributed by atoms with E-state index in [-0.39, 0.29) is 23.4 Å². The summed E-state index contributed by atoms with van der Waals surface area (Å²) in [5.74, 6) is -1.63. The van der Waals surface area contributed by atoms with Crippen molar-refractivity contribution in [2.24, 2.45) is 0 Å². The molecule has 4 aromatic rings. The van der Waals surface area contributed by atoms with E-state index in [0.29, 0.717) is 11.3 Å². The molecule has 43 heavy (non-hydrogen) atoms. The fraction of sp³-hybridized carbons (Fsp3) is 0.235. The maximum Gasteiger partial charge on any atom is 0.264 e. The Balaban J connectivity index is 1.83. The summed E-state index contributed by atoms with van der Waals surface area (Å²) in [6, 6.07) is 25.8. The Morgan fingerprint density at radius 3 is 2.14 bits per heavy atom. The zero-order valence-corrected chi connectivity index (χ0v) is 25.6. The van der Waals surface area contributed by atoms with Crippen LogP contribution in [0.25, 0.3) is 0 Å². The third-order valence-electron chi connectivity index (χ3n) is 7.55. The molecule has 2 amide bonds. The van der Waals surface area contributed by atoms with E-state index >= 15 is 0 Å². The largest absolute Gasteiger partial charge is 0.357 e. The Hall–Kier alpha value is -4.50. The highest BCUT2D eigenvalue weighted by Crippen LogP contribution is 2.29. The normalized spacial score (nSPS) is 11.9. The van der Waals surface area contributed by atoms with Crippen molar-refractivity contribution in [2.75, 3.05) is 17.9 Å². The molecule has 0 aliphatic heterocycles. The van der Waals surface area contributed by atoms with Gasteiger partial charge in [-0.05, 0) is 61.7 Å². The predicted octanol–water partition coefficient (Wildman–Crippen LogP) is 5.33. The zero-order valence-electron chi connectivity index (χ0n) is 24.7. The molecule has 1 N–H and O–H groups in total. The molecule has 0 saturated heterocycles. The van der Waals surface area contributed by atoms with Crippen LogP contribution in [0, 0.1) is 26.6 Å². The van der Waals surface area contributed by atoms with Gasteiger partial charge < -0.3 is 10.2 Å². The van der Waals surface area contributed by atoms with Gasteiger partial charge in [-0.1, -0.05) is 78.4 Å². The first-order valence-electron chi connectivity index (χ1n) is 14.0. The summed E-state index contributed by atoms with van der Waals surface area (Å²) < 4.78 is 44.3. The number of amides is 2. The fourth-order valence-electron chi connectivity index (χ4n) is 4.89. The first-order chi connectivity index (χ1) is 20.5. The Morgan fingerprint density at radius 2 is 1.49 bits per heavy atom. The van der Waals surface area contributed by atoms with Crippen molar-refractivity contribution in [2.45, 2.75) is 44.7 Å². The van der Waals surface area contributed by atoms with E-state index in [0.717, 1.165) is 21.0 Å². The van der Waals surface area contributed by atoms with Crippen LogP contribution in [0.5, 0.6) is 0 Å². The van der Waals surface area contributed by atoms with Gasteiger partial charge in [0.15, 0.2) is 0 Å². The summed E-state index contributed by atoms with van der Waals surface area (Å²) in [7, 11) is -2.75. The lowest BCUT2D eigenvalue weighted by molar-refractivity contribution is -0.139. The molecule has 0 aromatic heterocycles. The molecule has 224 valence electrons. The lowest BCUT2D eigenvalue weighted by atomic mass is 10.0. The highest BCUT2D eigenvalue weighted by molar-refractivity contribution is 7.92. The van der Waals surface area contributed by atoms with Crippen LogP contribution in [0.4, 0.5) is 10.1 Å². The van der Waals surface area contributed by atoms with Crippen LogP contribution in [0.1, 0.15) is 27.8 Å². The van der Waals surface area contributed by atoms with Crippen molar-refractivity contribution in [3.63, 3.8) is 0 Å². The second kappa shape index (κ2) is 13.6. The van der Waals surface area contributed by atoms with E-state index in [9.17, 15) is 22.4 Å². The summed E-state index contributed by atoms with van der Waals surface area (Å²) >= 11 is 0. The van der Waals surface area contributed by atoms with Crippen molar-refractivity contribution in [1.82, 2.24) is 10.2 Å². The minimum atomic E-state index is -4.22. The molecule has 9 heteroatoms. The number of nitrogens with one attached hydrogen (secondary N) is 1. The van der Waals surface area contributed by atoms with Gasteiger partial charge in [-0.2, -0.15) is 0 Å². The summed E-state index contributed by atoms with van der Waals surface area (Å²) in [6.45, 7) is 4.68. The molecule has 0 spiro atoms. The van der Waals surface area contributed by atoms with E-state index in [1.807, 2.05) is 50.2 Å². The van der Waals surface area contributed by atoms with E-state index < -0.39 is 40.2 Å². The second-order valence-corrected chi connectivity index (χ2v) is 12.3. The number of rotatable bonds is 11. The van der Waals surface area contributed by atoms with Gasteiger partial charge in [-0.3, -0.25) is 13.9 Å². The quantitative estimate of drug-likeness (QED) is 0.252. The van der Waals surface area contributed by atoms with Gasteiger partial charge >= 0.3 is 0 Å². The summed E-state index contributed by atoms with van der Waals surface area (Å²) in [4.78, 5) is 29.0. The average molecular weight is 602 g/mol. The number of likely N-dealkylation sites (N-methyl/N-ethyl adjacent to an activating group) is 1. The minimum Gasteiger partial charge on any atom is -0.357 e. The van der Waals surface area contributed by atoms with E-state index in [2.05, 4.69) is 5.32 Å². The molecular formula is C34H36FN3O4S. The lowest BCUT2D eigenvalue weighted by Crippen LogP contribution is -2.53. The first kappa shape index (κ1) is 31.4. The molecule has 0 heterocycles. The highest BCUT2D eigenvalue weighted by Gasteiger charge is 2.35. The topological polar surface area (TPSA) is 86.8 Å². The number of carbonyl (C=O) groups is 2. The average Bonchev–Trinajstić information content (AvgIpc) is 3.00. The Bertz CT molecular complexity index is 1690. The third kappa shape index (κ3) is 7.29. The zero-order chi connectivity index (χ0) is 31.1. The van der Waals surface area contributed by atoms with Crippen LogP contribution in [-0.4, -0.2) is 44.8 Å². The van der Waals surface area contributed by atoms with Crippen LogP contribution in [0.15, 0.2) is 102 Å². The van der Waals surface area contributed by atoms with Crippen molar-refractivity contribution in [1.29, 1.82) is 0 Å². The summed E-state index contributed by atoms with van der Waals surface area (Å²) in [5.41, 5.74) is 3.78. The van der Waals surface area contributed by atoms with Crippen molar-refractivity contribution < 1.29 is 22.4 Å². The van der Waals surface area contributed by atoms with Crippen molar-refractivity contribution >= 4 is 27.5 Å². The molecular weight excluding hydrogens is 565 g/mol. The highest BCUT2D eigenvalue weighted by atomic mass is 32.2. The molecule has 0 fully saturated rings. The van der Waals surface area contributed by atoms with E-state index in [1.165, 1.54) is 30.1 Å². The third-order valence-corrected chi connectivity index (χ3v) is 9.32. The number of benzene rings is 4. The van der Waals surface area contributed by atoms with Gasteiger partial charge in [-0.15, -0.1) is 0 Å². The van der Waals surface area contributed by atoms with Gasteiger partial charge in [-0.25, -0.2) is 12.8 Å². The fourth-order valence-corrected chi connectivity index (χ4v) is 6.36. The Labute approximate surface area is 253 Å².